The number of carboxylic acid groups (broad SMARTS) is 1. The highest BCUT2D eigenvalue weighted by Crippen LogP contribution is 2.37. The first-order valence-electron chi connectivity index (χ1n) is 5.77. The molecule has 0 radical (unpaired) electrons. The Morgan fingerprint density at radius 2 is 2.05 bits per heavy atom. The average molecular weight is 389 g/mol. The van der Waals surface area contributed by atoms with E-state index in [9.17, 15) is 18.0 Å². The molecule has 0 bridgehead atoms. The minimum atomic E-state index is -4.31. The highest BCUT2D eigenvalue weighted by atomic mass is 79.9. The van der Waals surface area contributed by atoms with Crippen molar-refractivity contribution in [3.63, 3.8) is 0 Å². The van der Waals surface area contributed by atoms with Crippen LogP contribution in [-0.4, -0.2) is 35.6 Å². The Hall–Kier alpha value is -1.09. The summed E-state index contributed by atoms with van der Waals surface area (Å²) in [5.74, 6) is -1.07. The fourth-order valence-electron chi connectivity index (χ4n) is 1.40. The minimum absolute atomic E-state index is 0.0117. The smallest absolute Gasteiger partial charge is 0.441 e. The van der Waals surface area contributed by atoms with Crippen molar-refractivity contribution in [1.29, 1.82) is 0 Å². The molecule has 0 atom stereocenters. The number of alkyl halides is 3. The van der Waals surface area contributed by atoms with Crippen LogP contribution < -0.4 is 9.47 Å². The molecule has 0 saturated heterocycles. The lowest BCUT2D eigenvalue weighted by atomic mass is 10.2. The molecule has 0 aliphatic heterocycles. The van der Waals surface area contributed by atoms with Crippen LogP contribution in [0, 0.1) is 0 Å². The van der Waals surface area contributed by atoms with Gasteiger partial charge in [-0.2, -0.15) is 13.2 Å². The van der Waals surface area contributed by atoms with Gasteiger partial charge in [0.15, 0.2) is 11.5 Å². The molecule has 9 heteroatoms. The lowest BCUT2D eigenvalue weighted by Crippen LogP contribution is -2.09. The number of thioether (sulfide) groups is 1. The monoisotopic (exact) mass is 388 g/mol. The molecule has 21 heavy (non-hydrogen) atoms. The van der Waals surface area contributed by atoms with Gasteiger partial charge in [0.25, 0.3) is 0 Å². The van der Waals surface area contributed by atoms with Crippen LogP contribution in [0.25, 0.3) is 0 Å². The van der Waals surface area contributed by atoms with Gasteiger partial charge in [0.1, 0.15) is 0 Å². The molecule has 0 fully saturated rings. The van der Waals surface area contributed by atoms with Crippen molar-refractivity contribution in [3.8, 4) is 11.5 Å². The van der Waals surface area contributed by atoms with Crippen LogP contribution in [-0.2, 0) is 0 Å². The van der Waals surface area contributed by atoms with Crippen molar-refractivity contribution in [2.75, 3.05) is 19.0 Å². The Balaban J connectivity index is 2.82. The number of halogens is 4. The third-order valence-electron chi connectivity index (χ3n) is 2.15. The van der Waals surface area contributed by atoms with Crippen molar-refractivity contribution >= 4 is 33.7 Å². The Bertz CT molecular complexity index is 508. The molecule has 1 N–H and O–H groups in total. The first kappa shape index (κ1) is 18.0. The summed E-state index contributed by atoms with van der Waals surface area (Å²) in [6.45, 7) is 1.78. The largest absolute Gasteiger partial charge is 0.490 e. The van der Waals surface area contributed by atoms with Gasteiger partial charge in [0, 0.05) is 5.75 Å². The molecule has 0 spiro atoms. The Morgan fingerprint density at radius 1 is 1.38 bits per heavy atom. The normalized spacial score (nSPS) is 11.3. The Labute approximate surface area is 131 Å². The van der Waals surface area contributed by atoms with Crippen LogP contribution in [0.5, 0.6) is 11.5 Å². The van der Waals surface area contributed by atoms with Gasteiger partial charge in [-0.1, -0.05) is 0 Å². The summed E-state index contributed by atoms with van der Waals surface area (Å²) in [6.07, 6.45) is 0. The number of hydrogen-bond acceptors (Lipinski definition) is 4. The molecule has 0 saturated carbocycles. The first-order valence-corrected chi connectivity index (χ1v) is 7.55. The number of carbonyl (C=O) groups is 1. The maximum absolute atomic E-state index is 12.0. The zero-order valence-corrected chi connectivity index (χ0v) is 13.3. The van der Waals surface area contributed by atoms with Crippen LogP contribution in [0.1, 0.15) is 17.3 Å². The second-order valence-electron chi connectivity index (χ2n) is 3.67. The number of aromatic carboxylic acids is 1. The van der Waals surface area contributed by atoms with Gasteiger partial charge in [-0.3, -0.25) is 0 Å². The van der Waals surface area contributed by atoms with Gasteiger partial charge in [-0.25, -0.2) is 4.79 Å². The Morgan fingerprint density at radius 3 is 2.57 bits per heavy atom. The maximum Gasteiger partial charge on any atom is 0.441 e. The van der Waals surface area contributed by atoms with Crippen LogP contribution in [0.3, 0.4) is 0 Å². The van der Waals surface area contributed by atoms with E-state index in [0.29, 0.717) is 4.47 Å². The standard InChI is InChI=1S/C12H12BrF3O4S/c1-2-19-9-6-7(11(17)18)5-8(13)10(9)20-3-4-21-12(14,15)16/h5-6H,2-4H2,1H3,(H,17,18). The lowest BCUT2D eigenvalue weighted by molar-refractivity contribution is -0.0329. The summed E-state index contributed by atoms with van der Waals surface area (Å²) < 4.78 is 46.9. The molecule has 0 aromatic heterocycles. The lowest BCUT2D eigenvalue weighted by Gasteiger charge is -2.14. The van der Waals surface area contributed by atoms with Gasteiger partial charge < -0.3 is 14.6 Å². The van der Waals surface area contributed by atoms with E-state index < -0.39 is 11.5 Å². The topological polar surface area (TPSA) is 55.8 Å². The number of carboxylic acids is 1. The quantitative estimate of drug-likeness (QED) is 0.710. The summed E-state index contributed by atoms with van der Waals surface area (Å²) in [6, 6.07) is 2.57. The number of ether oxygens (including phenoxy) is 2. The second kappa shape index (κ2) is 7.79. The highest BCUT2D eigenvalue weighted by Gasteiger charge is 2.27. The van der Waals surface area contributed by atoms with Crippen molar-refractivity contribution in [3.05, 3.63) is 22.2 Å². The molecule has 0 amide bonds. The van der Waals surface area contributed by atoms with Gasteiger partial charge in [-0.05, 0) is 46.7 Å². The molecular formula is C12H12BrF3O4S. The molecule has 0 aliphatic carbocycles. The molecule has 0 unspecified atom stereocenters. The van der Waals surface area contributed by atoms with E-state index in [1.807, 2.05) is 0 Å². The maximum atomic E-state index is 12.0. The molecule has 1 aromatic carbocycles. The average Bonchev–Trinajstić information content (AvgIpc) is 2.35. The van der Waals surface area contributed by atoms with Gasteiger partial charge >= 0.3 is 11.5 Å². The van der Waals surface area contributed by atoms with Crippen LogP contribution in [0.15, 0.2) is 16.6 Å². The van der Waals surface area contributed by atoms with Crippen molar-refractivity contribution in [1.82, 2.24) is 0 Å². The predicted molar refractivity (Wildman–Crippen MR) is 76.3 cm³/mol. The predicted octanol–water partition coefficient (Wildman–Crippen LogP) is 4.18. The molecule has 1 aromatic rings. The summed E-state index contributed by atoms with van der Waals surface area (Å²) in [5, 5.41) is 8.95. The number of hydrogen-bond donors (Lipinski definition) is 1. The fraction of sp³-hybridized carbons (Fsp3) is 0.417. The van der Waals surface area contributed by atoms with E-state index in [1.54, 1.807) is 6.92 Å². The molecule has 0 heterocycles. The van der Waals surface area contributed by atoms with E-state index in [1.165, 1.54) is 12.1 Å². The minimum Gasteiger partial charge on any atom is -0.490 e. The molecule has 118 valence electrons. The van der Waals surface area contributed by atoms with Crippen molar-refractivity contribution in [2.45, 2.75) is 12.4 Å². The fourth-order valence-corrected chi connectivity index (χ4v) is 2.35. The van der Waals surface area contributed by atoms with Crippen molar-refractivity contribution < 1.29 is 32.5 Å². The van der Waals surface area contributed by atoms with Gasteiger partial charge in [0.05, 0.1) is 23.2 Å². The van der Waals surface area contributed by atoms with E-state index in [4.69, 9.17) is 14.6 Å². The molecule has 1 rings (SSSR count). The van der Waals surface area contributed by atoms with E-state index in [2.05, 4.69) is 15.9 Å². The summed E-state index contributed by atoms with van der Waals surface area (Å²) in [4.78, 5) is 10.9. The van der Waals surface area contributed by atoms with Crippen LogP contribution in [0.4, 0.5) is 13.2 Å². The van der Waals surface area contributed by atoms with Crippen LogP contribution >= 0.6 is 27.7 Å². The highest BCUT2D eigenvalue weighted by molar-refractivity contribution is 9.10. The molecule has 4 nitrogen and oxygen atoms in total. The third kappa shape index (κ3) is 6.04. The second-order valence-corrected chi connectivity index (χ2v) is 5.68. The van der Waals surface area contributed by atoms with Crippen LogP contribution in [0.2, 0.25) is 0 Å². The Kier molecular flexibility index (Phi) is 6.66. The number of benzene rings is 1. The summed E-state index contributed by atoms with van der Waals surface area (Å²) in [7, 11) is 0. The van der Waals surface area contributed by atoms with Gasteiger partial charge in [0.2, 0.25) is 0 Å². The summed E-state index contributed by atoms with van der Waals surface area (Å²) in [5.41, 5.74) is -4.32. The SMILES string of the molecule is CCOc1cc(C(=O)O)cc(Br)c1OCCSC(F)(F)F. The molecular weight excluding hydrogens is 377 g/mol. The third-order valence-corrected chi connectivity index (χ3v) is 3.44. The van der Waals surface area contributed by atoms with Gasteiger partial charge in [-0.15, -0.1) is 0 Å². The zero-order valence-electron chi connectivity index (χ0n) is 10.9. The van der Waals surface area contributed by atoms with Crippen molar-refractivity contribution in [2.24, 2.45) is 0 Å². The first-order chi connectivity index (χ1) is 9.74. The van der Waals surface area contributed by atoms with E-state index >= 15 is 0 Å². The van der Waals surface area contributed by atoms with E-state index in [-0.39, 0.29) is 47.8 Å². The van der Waals surface area contributed by atoms with E-state index in [0.717, 1.165) is 0 Å². The number of rotatable bonds is 7. The molecule has 0 aliphatic rings. The summed E-state index contributed by atoms with van der Waals surface area (Å²) >= 11 is 2.94. The zero-order chi connectivity index (χ0) is 16.0.